The fraction of sp³-hybridized carbons (Fsp3) is 0.462. The summed E-state index contributed by atoms with van der Waals surface area (Å²) in [7, 11) is 0. The molecule has 2 aromatic rings. The topological polar surface area (TPSA) is 79.3 Å². The summed E-state index contributed by atoms with van der Waals surface area (Å²) >= 11 is 0. The first-order valence-corrected chi connectivity index (χ1v) is 11.3. The summed E-state index contributed by atoms with van der Waals surface area (Å²) in [5, 5.41) is 10.1. The summed E-state index contributed by atoms with van der Waals surface area (Å²) in [5.41, 5.74) is 3.05. The predicted octanol–water partition coefficient (Wildman–Crippen LogP) is 4.24. The molecule has 1 heterocycles. The molecule has 33 heavy (non-hydrogen) atoms. The van der Waals surface area contributed by atoms with Gasteiger partial charge in [0, 0.05) is 25.6 Å². The molecule has 1 unspecified atom stereocenters. The van der Waals surface area contributed by atoms with Gasteiger partial charge in [0.25, 0.3) is 0 Å². The maximum atomic E-state index is 13.1. The molecule has 0 bridgehead atoms. The van der Waals surface area contributed by atoms with Crippen LogP contribution in [0, 0.1) is 0 Å². The van der Waals surface area contributed by atoms with Gasteiger partial charge in [-0.15, -0.1) is 0 Å². The lowest BCUT2D eigenvalue weighted by Gasteiger charge is -2.47. The van der Waals surface area contributed by atoms with Gasteiger partial charge in [-0.1, -0.05) is 48.5 Å². The first-order chi connectivity index (χ1) is 15.6. The third-order valence-corrected chi connectivity index (χ3v) is 6.33. The number of aliphatic hydroxyl groups is 1. The van der Waals surface area contributed by atoms with E-state index in [0.29, 0.717) is 6.54 Å². The molecule has 0 saturated carbocycles. The van der Waals surface area contributed by atoms with Crippen molar-refractivity contribution in [1.29, 1.82) is 0 Å². The Kier molecular flexibility index (Phi) is 6.10. The molecule has 1 aliphatic heterocycles. The molecule has 2 amide bonds. The average molecular weight is 453 g/mol. The monoisotopic (exact) mass is 452 g/mol. The van der Waals surface area contributed by atoms with Crippen LogP contribution in [0.3, 0.4) is 0 Å². The number of carbonyl (C=O) groups is 2. The standard InChI is InChI=1S/C26H32N2O5/c1-25(2,3)33-23(30)27-13-14-28(26(4,16-27)17-29)24(31)32-15-22-20-11-7-5-9-18(20)19-10-6-8-12-21(19)22/h5-12,22,29H,13-17H2,1-4H3. The summed E-state index contributed by atoms with van der Waals surface area (Å²) in [6.45, 7) is 7.83. The molecule has 1 fully saturated rings. The minimum absolute atomic E-state index is 0.0372. The zero-order valence-electron chi connectivity index (χ0n) is 19.7. The fourth-order valence-electron chi connectivity index (χ4n) is 4.67. The number of hydrogen-bond donors (Lipinski definition) is 1. The maximum absolute atomic E-state index is 13.1. The Morgan fingerprint density at radius 2 is 1.58 bits per heavy atom. The Morgan fingerprint density at radius 3 is 2.12 bits per heavy atom. The van der Waals surface area contributed by atoms with E-state index in [9.17, 15) is 14.7 Å². The molecule has 0 radical (unpaired) electrons. The highest BCUT2D eigenvalue weighted by atomic mass is 16.6. The minimum atomic E-state index is -0.961. The average Bonchev–Trinajstić information content (AvgIpc) is 3.10. The second-order valence-electron chi connectivity index (χ2n) is 10.0. The lowest BCUT2D eigenvalue weighted by Crippen LogP contribution is -2.65. The van der Waals surface area contributed by atoms with E-state index in [1.165, 1.54) is 20.9 Å². The highest BCUT2D eigenvalue weighted by Gasteiger charge is 2.43. The van der Waals surface area contributed by atoms with Crippen LogP contribution in [0.4, 0.5) is 9.59 Å². The zero-order chi connectivity index (χ0) is 23.8. The SMILES string of the molecule is CC(C)(C)OC(=O)N1CCN(C(=O)OCC2c3ccccc3-c3ccccc32)C(C)(CO)C1. The van der Waals surface area contributed by atoms with Gasteiger partial charge in [-0.2, -0.15) is 0 Å². The van der Waals surface area contributed by atoms with Crippen LogP contribution in [0.2, 0.25) is 0 Å². The number of nitrogens with zero attached hydrogens (tertiary/aromatic N) is 2. The normalized spacial score (nSPS) is 20.3. The first-order valence-electron chi connectivity index (χ1n) is 11.3. The van der Waals surface area contributed by atoms with Crippen LogP contribution < -0.4 is 0 Å². The molecule has 2 aromatic carbocycles. The van der Waals surface area contributed by atoms with Crippen molar-refractivity contribution in [3.8, 4) is 11.1 Å². The van der Waals surface area contributed by atoms with E-state index in [-0.39, 0.29) is 32.2 Å². The van der Waals surface area contributed by atoms with Gasteiger partial charge in [0.2, 0.25) is 0 Å². The van der Waals surface area contributed by atoms with Crippen LogP contribution in [-0.4, -0.2) is 71.1 Å². The third kappa shape index (κ3) is 4.55. The lowest BCUT2D eigenvalue weighted by atomic mass is 9.97. The van der Waals surface area contributed by atoms with Crippen molar-refractivity contribution >= 4 is 12.2 Å². The maximum Gasteiger partial charge on any atom is 0.410 e. The van der Waals surface area contributed by atoms with Crippen molar-refractivity contribution in [2.45, 2.75) is 44.8 Å². The van der Waals surface area contributed by atoms with Crippen molar-refractivity contribution in [1.82, 2.24) is 9.80 Å². The second-order valence-corrected chi connectivity index (χ2v) is 10.0. The van der Waals surface area contributed by atoms with E-state index in [2.05, 4.69) is 24.3 Å². The number of piperazine rings is 1. The summed E-state index contributed by atoms with van der Waals surface area (Å²) < 4.78 is 11.3. The Balaban J connectivity index is 1.45. The minimum Gasteiger partial charge on any atom is -0.448 e. The molecule has 4 rings (SSSR count). The molecule has 2 aliphatic rings. The lowest BCUT2D eigenvalue weighted by molar-refractivity contribution is -0.0371. The van der Waals surface area contributed by atoms with Crippen LogP contribution in [-0.2, 0) is 9.47 Å². The van der Waals surface area contributed by atoms with Crippen LogP contribution in [0.5, 0.6) is 0 Å². The number of amides is 2. The van der Waals surface area contributed by atoms with Crippen LogP contribution in [0.1, 0.15) is 44.7 Å². The van der Waals surface area contributed by atoms with Crippen LogP contribution >= 0.6 is 0 Å². The van der Waals surface area contributed by atoms with E-state index in [4.69, 9.17) is 9.47 Å². The largest absolute Gasteiger partial charge is 0.448 e. The number of carbonyl (C=O) groups excluding carboxylic acids is 2. The molecule has 176 valence electrons. The molecule has 1 N–H and O–H groups in total. The number of rotatable bonds is 3. The van der Waals surface area contributed by atoms with Crippen molar-refractivity contribution < 1.29 is 24.2 Å². The molecule has 1 saturated heterocycles. The molecule has 7 nitrogen and oxygen atoms in total. The Morgan fingerprint density at radius 1 is 1.00 bits per heavy atom. The summed E-state index contributed by atoms with van der Waals surface area (Å²) in [6.07, 6.45) is -0.938. The van der Waals surface area contributed by atoms with E-state index in [1.54, 1.807) is 6.92 Å². The second kappa shape index (κ2) is 8.71. The van der Waals surface area contributed by atoms with Crippen LogP contribution in [0.25, 0.3) is 11.1 Å². The summed E-state index contributed by atoms with van der Waals surface area (Å²) in [6, 6.07) is 16.4. The first kappa shape index (κ1) is 23.1. The van der Waals surface area contributed by atoms with E-state index < -0.39 is 23.3 Å². The van der Waals surface area contributed by atoms with Crippen molar-refractivity contribution in [3.63, 3.8) is 0 Å². The molecule has 0 spiro atoms. The van der Waals surface area contributed by atoms with Crippen LogP contribution in [0.15, 0.2) is 48.5 Å². The Bertz CT molecular complexity index is 1000. The third-order valence-electron chi connectivity index (χ3n) is 6.33. The number of ether oxygens (including phenoxy) is 2. The van der Waals surface area contributed by atoms with E-state index in [1.807, 2.05) is 45.0 Å². The van der Waals surface area contributed by atoms with Crippen molar-refractivity contribution in [2.24, 2.45) is 0 Å². The van der Waals surface area contributed by atoms with Gasteiger partial charge >= 0.3 is 12.2 Å². The number of aliphatic hydroxyl groups excluding tert-OH is 1. The van der Waals surface area contributed by atoms with Crippen molar-refractivity contribution in [2.75, 3.05) is 32.8 Å². The Hall–Kier alpha value is -3.06. The molecule has 0 aromatic heterocycles. The molecule has 1 atom stereocenters. The van der Waals surface area contributed by atoms with Gasteiger partial charge in [-0.25, -0.2) is 9.59 Å². The summed E-state index contributed by atoms with van der Waals surface area (Å²) in [4.78, 5) is 28.7. The quantitative estimate of drug-likeness (QED) is 0.754. The highest BCUT2D eigenvalue weighted by molar-refractivity contribution is 5.79. The molecule has 7 heteroatoms. The van der Waals surface area contributed by atoms with Gasteiger partial charge < -0.3 is 19.5 Å². The number of fused-ring (bicyclic) bond motifs is 3. The number of hydrogen-bond acceptors (Lipinski definition) is 5. The van der Waals surface area contributed by atoms with E-state index in [0.717, 1.165) is 11.1 Å². The Labute approximate surface area is 194 Å². The highest BCUT2D eigenvalue weighted by Crippen LogP contribution is 2.44. The predicted molar refractivity (Wildman–Crippen MR) is 125 cm³/mol. The zero-order valence-corrected chi connectivity index (χ0v) is 19.7. The molecular formula is C26H32N2O5. The summed E-state index contributed by atoms with van der Waals surface area (Å²) in [5.74, 6) is -0.0372. The smallest absolute Gasteiger partial charge is 0.410 e. The van der Waals surface area contributed by atoms with Crippen molar-refractivity contribution in [3.05, 3.63) is 59.7 Å². The molecule has 1 aliphatic carbocycles. The van der Waals surface area contributed by atoms with Gasteiger partial charge in [-0.05, 0) is 49.9 Å². The van der Waals surface area contributed by atoms with E-state index >= 15 is 0 Å². The van der Waals surface area contributed by atoms with Gasteiger partial charge in [0.15, 0.2) is 0 Å². The fourth-order valence-corrected chi connectivity index (χ4v) is 4.67. The van der Waals surface area contributed by atoms with Gasteiger partial charge in [0.05, 0.1) is 12.1 Å². The molecular weight excluding hydrogens is 420 g/mol. The number of benzene rings is 2. The van der Waals surface area contributed by atoms with Gasteiger partial charge in [-0.3, -0.25) is 4.90 Å². The van der Waals surface area contributed by atoms with Gasteiger partial charge in [0.1, 0.15) is 12.2 Å².